The van der Waals surface area contributed by atoms with E-state index in [9.17, 15) is 4.79 Å². The summed E-state index contributed by atoms with van der Waals surface area (Å²) in [6, 6.07) is 22.8. The molecule has 0 spiro atoms. The van der Waals surface area contributed by atoms with E-state index in [0.717, 1.165) is 33.5 Å². The maximum Gasteiger partial charge on any atom is 0.162 e. The van der Waals surface area contributed by atoms with Gasteiger partial charge in [0, 0.05) is 40.8 Å². The van der Waals surface area contributed by atoms with E-state index in [0.29, 0.717) is 24.0 Å². The van der Waals surface area contributed by atoms with Crippen LogP contribution >= 0.6 is 0 Å². The molecule has 0 saturated heterocycles. The number of anilines is 1. The second-order valence-electron chi connectivity index (χ2n) is 8.26. The summed E-state index contributed by atoms with van der Waals surface area (Å²) in [4.78, 5) is 13.5. The Morgan fingerprint density at radius 3 is 2.58 bits per heavy atom. The minimum atomic E-state index is -0.441. The highest BCUT2D eigenvalue weighted by atomic mass is 19.1. The van der Waals surface area contributed by atoms with Crippen LogP contribution in [0.3, 0.4) is 0 Å². The van der Waals surface area contributed by atoms with Gasteiger partial charge in [-0.3, -0.25) is 4.79 Å². The van der Waals surface area contributed by atoms with Gasteiger partial charge in [0.25, 0.3) is 0 Å². The van der Waals surface area contributed by atoms with Gasteiger partial charge in [0.1, 0.15) is 11.6 Å². The number of carbonyl (C=O) groups excluding carboxylic acids is 1. The van der Waals surface area contributed by atoms with Crippen molar-refractivity contribution in [3.05, 3.63) is 113 Å². The van der Waals surface area contributed by atoms with Crippen molar-refractivity contribution in [2.24, 2.45) is 0 Å². The van der Waals surface area contributed by atoms with Crippen molar-refractivity contribution in [2.45, 2.75) is 24.7 Å². The van der Waals surface area contributed by atoms with E-state index >= 15 is 4.39 Å². The van der Waals surface area contributed by atoms with Crippen LogP contribution in [0.15, 0.2) is 94.7 Å². The van der Waals surface area contributed by atoms with Crippen LogP contribution in [0.4, 0.5) is 10.1 Å². The monoisotopic (exact) mass is 409 g/mol. The molecule has 0 bridgehead atoms. The van der Waals surface area contributed by atoms with E-state index in [1.807, 2.05) is 48.5 Å². The lowest BCUT2D eigenvalue weighted by atomic mass is 9.71. The van der Waals surface area contributed by atoms with E-state index < -0.39 is 5.92 Å². The Hall–Kier alpha value is -3.66. The first-order valence-electron chi connectivity index (χ1n) is 10.5. The number of furan rings is 1. The van der Waals surface area contributed by atoms with Crippen molar-refractivity contribution < 1.29 is 13.6 Å². The highest BCUT2D eigenvalue weighted by molar-refractivity contribution is 6.04. The molecule has 1 aromatic heterocycles. The molecule has 0 unspecified atom stereocenters. The molecule has 4 heteroatoms. The van der Waals surface area contributed by atoms with Gasteiger partial charge in [-0.15, -0.1) is 0 Å². The number of rotatable bonds is 2. The van der Waals surface area contributed by atoms with Gasteiger partial charge < -0.3 is 9.73 Å². The molecule has 0 radical (unpaired) electrons. The molecular formula is C27H20FNO2. The van der Waals surface area contributed by atoms with E-state index in [-0.39, 0.29) is 17.5 Å². The standard InChI is InChI=1S/C27H20FNO2/c28-20-9-4-3-8-19(20)26-25-18-7-2-1-6-16(18)11-12-21(25)29-22-14-17(15-23(30)27(22)26)24-10-5-13-31-24/h1-13,17,26,29H,14-15H2/t17-,26-/m0/s1. The highest BCUT2D eigenvalue weighted by Crippen LogP contribution is 2.50. The lowest BCUT2D eigenvalue weighted by Crippen LogP contribution is -2.30. The van der Waals surface area contributed by atoms with Crippen LogP contribution in [0.25, 0.3) is 10.8 Å². The number of nitrogens with one attached hydrogen (secondary N) is 1. The predicted octanol–water partition coefficient (Wildman–Crippen LogP) is 6.53. The summed E-state index contributed by atoms with van der Waals surface area (Å²) in [5, 5.41) is 5.64. The van der Waals surface area contributed by atoms with E-state index in [1.54, 1.807) is 18.4 Å². The molecule has 4 aromatic rings. The number of hydrogen-bond acceptors (Lipinski definition) is 3. The Labute approximate surface area is 179 Å². The van der Waals surface area contributed by atoms with Crippen molar-refractivity contribution in [3.63, 3.8) is 0 Å². The molecule has 0 fully saturated rings. The van der Waals surface area contributed by atoms with E-state index in [4.69, 9.17) is 4.42 Å². The zero-order valence-corrected chi connectivity index (χ0v) is 16.8. The van der Waals surface area contributed by atoms with Gasteiger partial charge in [-0.05, 0) is 47.0 Å². The third-order valence-corrected chi connectivity index (χ3v) is 6.50. The number of fused-ring (bicyclic) bond motifs is 3. The molecule has 2 atom stereocenters. The number of ketones is 1. The Morgan fingerprint density at radius 1 is 0.903 bits per heavy atom. The first-order chi connectivity index (χ1) is 15.2. The topological polar surface area (TPSA) is 42.2 Å². The number of hydrogen-bond donors (Lipinski definition) is 1. The quantitative estimate of drug-likeness (QED) is 0.409. The molecule has 3 aromatic carbocycles. The molecule has 0 amide bonds. The van der Waals surface area contributed by atoms with Gasteiger partial charge in [0.15, 0.2) is 5.78 Å². The maximum atomic E-state index is 15.1. The van der Waals surface area contributed by atoms with Gasteiger partial charge in [-0.1, -0.05) is 48.5 Å². The summed E-state index contributed by atoms with van der Waals surface area (Å²) in [6.07, 6.45) is 2.66. The summed E-state index contributed by atoms with van der Waals surface area (Å²) in [5.74, 6) is 0.108. The fourth-order valence-electron chi connectivity index (χ4n) is 5.15. The van der Waals surface area contributed by atoms with Crippen LogP contribution in [0.1, 0.15) is 41.6 Å². The summed E-state index contributed by atoms with van der Waals surface area (Å²) < 4.78 is 20.7. The van der Waals surface area contributed by atoms with Crippen LogP contribution in [0, 0.1) is 5.82 Å². The second kappa shape index (κ2) is 6.95. The number of carbonyl (C=O) groups is 1. The van der Waals surface area contributed by atoms with Crippen molar-refractivity contribution in [3.8, 4) is 0 Å². The van der Waals surface area contributed by atoms with Crippen molar-refractivity contribution in [1.82, 2.24) is 0 Å². The van der Waals surface area contributed by atoms with E-state index in [2.05, 4.69) is 11.4 Å². The lowest BCUT2D eigenvalue weighted by molar-refractivity contribution is -0.116. The fourth-order valence-corrected chi connectivity index (χ4v) is 5.15. The Balaban J connectivity index is 1.60. The first kappa shape index (κ1) is 18.1. The van der Waals surface area contributed by atoms with Gasteiger partial charge in [-0.25, -0.2) is 4.39 Å². The zero-order chi connectivity index (χ0) is 20.9. The largest absolute Gasteiger partial charge is 0.469 e. The molecule has 152 valence electrons. The minimum Gasteiger partial charge on any atom is -0.469 e. The molecule has 2 heterocycles. The van der Waals surface area contributed by atoms with Crippen molar-refractivity contribution in [2.75, 3.05) is 5.32 Å². The van der Waals surface area contributed by atoms with Gasteiger partial charge in [-0.2, -0.15) is 0 Å². The van der Waals surface area contributed by atoms with Crippen LogP contribution in [0.2, 0.25) is 0 Å². The molecule has 6 rings (SSSR count). The van der Waals surface area contributed by atoms with Crippen molar-refractivity contribution >= 4 is 22.2 Å². The lowest BCUT2D eigenvalue weighted by Gasteiger charge is -2.37. The average molecular weight is 409 g/mol. The molecule has 2 aliphatic rings. The number of Topliss-reactive ketones (excluding diaryl/α,β-unsaturated/α-hetero) is 1. The number of allylic oxidation sites excluding steroid dienone is 2. The third-order valence-electron chi connectivity index (χ3n) is 6.50. The van der Waals surface area contributed by atoms with Gasteiger partial charge in [0.05, 0.1) is 6.26 Å². The smallest absolute Gasteiger partial charge is 0.162 e. The second-order valence-corrected chi connectivity index (χ2v) is 8.26. The summed E-state index contributed by atoms with van der Waals surface area (Å²) in [5.41, 5.74) is 3.98. The van der Waals surface area contributed by atoms with Crippen LogP contribution < -0.4 is 5.32 Å². The Bertz CT molecular complexity index is 1350. The van der Waals surface area contributed by atoms with Crippen LogP contribution in [0.5, 0.6) is 0 Å². The van der Waals surface area contributed by atoms with Crippen LogP contribution in [-0.4, -0.2) is 5.78 Å². The highest BCUT2D eigenvalue weighted by Gasteiger charge is 2.40. The van der Waals surface area contributed by atoms with E-state index in [1.165, 1.54) is 6.07 Å². The Kier molecular flexibility index (Phi) is 4.06. The van der Waals surface area contributed by atoms with Gasteiger partial charge in [0.2, 0.25) is 0 Å². The maximum absolute atomic E-state index is 15.1. The first-order valence-corrected chi connectivity index (χ1v) is 10.5. The summed E-state index contributed by atoms with van der Waals surface area (Å²) in [6.45, 7) is 0. The third kappa shape index (κ3) is 2.82. The zero-order valence-electron chi connectivity index (χ0n) is 16.8. The molecule has 31 heavy (non-hydrogen) atoms. The Morgan fingerprint density at radius 2 is 1.74 bits per heavy atom. The normalized spacial score (nSPS) is 20.4. The molecule has 1 aliphatic carbocycles. The van der Waals surface area contributed by atoms with Crippen LogP contribution in [-0.2, 0) is 4.79 Å². The molecule has 0 saturated carbocycles. The van der Waals surface area contributed by atoms with Gasteiger partial charge >= 0.3 is 0 Å². The van der Waals surface area contributed by atoms with Crippen molar-refractivity contribution in [1.29, 1.82) is 0 Å². The molecule has 1 aliphatic heterocycles. The number of benzene rings is 3. The molecular weight excluding hydrogens is 389 g/mol. The molecule has 1 N–H and O–H groups in total. The summed E-state index contributed by atoms with van der Waals surface area (Å²) >= 11 is 0. The summed E-state index contributed by atoms with van der Waals surface area (Å²) in [7, 11) is 0. The molecule has 3 nitrogen and oxygen atoms in total. The average Bonchev–Trinajstić information content (AvgIpc) is 3.33. The SMILES string of the molecule is O=C1C[C@@H](c2ccco2)CC2=C1[C@@H](c1ccccc1F)c1c(ccc3ccccc13)N2. The minimum absolute atomic E-state index is 0.0166. The number of halogens is 1. The predicted molar refractivity (Wildman–Crippen MR) is 119 cm³/mol. The fraction of sp³-hybridized carbons (Fsp3) is 0.148.